The fraction of sp³-hybridized carbons (Fsp3) is 0. The first-order valence-electron chi connectivity index (χ1n) is 17.0. The van der Waals surface area contributed by atoms with Gasteiger partial charge < -0.3 is 13.7 Å². The minimum absolute atomic E-state index is 0.897. The molecule has 6 heteroatoms. The van der Waals surface area contributed by atoms with Gasteiger partial charge in [0.15, 0.2) is 0 Å². The second-order valence-electron chi connectivity index (χ2n) is 12.5. The Morgan fingerprint density at radius 1 is 0.294 bits per heavy atom. The molecule has 0 saturated carbocycles. The number of fused-ring (bicyclic) bond motifs is 6. The van der Waals surface area contributed by atoms with E-state index in [0.29, 0.717) is 0 Å². The molecule has 0 aliphatic rings. The van der Waals surface area contributed by atoms with Gasteiger partial charge in [-0.3, -0.25) is 15.0 Å². The molecular formula is C45H30N6. The van der Waals surface area contributed by atoms with Crippen LogP contribution in [0.25, 0.3) is 83.9 Å². The van der Waals surface area contributed by atoms with E-state index in [1.807, 2.05) is 36.8 Å². The summed E-state index contributed by atoms with van der Waals surface area (Å²) in [5.74, 6) is 0. The van der Waals surface area contributed by atoms with Crippen LogP contribution in [0.15, 0.2) is 182 Å². The molecule has 0 amide bonds. The highest BCUT2D eigenvalue weighted by atomic mass is 15.1. The van der Waals surface area contributed by atoms with Crippen LogP contribution in [-0.4, -0.2) is 28.7 Å². The van der Waals surface area contributed by atoms with Crippen LogP contribution in [0.3, 0.4) is 0 Å². The molecule has 0 atom stereocenters. The summed E-state index contributed by atoms with van der Waals surface area (Å²) in [6, 6.07) is 57.1. The van der Waals surface area contributed by atoms with Crippen molar-refractivity contribution >= 4 is 32.7 Å². The number of nitrogens with zero attached hydrogens (tertiary/aromatic N) is 6. The second kappa shape index (κ2) is 11.8. The number of benzene rings is 4. The van der Waals surface area contributed by atoms with Gasteiger partial charge >= 0.3 is 0 Å². The van der Waals surface area contributed by atoms with Crippen molar-refractivity contribution in [2.45, 2.75) is 0 Å². The number of pyridine rings is 3. The lowest BCUT2D eigenvalue weighted by molar-refractivity contribution is 1.11. The van der Waals surface area contributed by atoms with Crippen LogP contribution in [0.2, 0.25) is 0 Å². The van der Waals surface area contributed by atoms with Crippen molar-refractivity contribution in [1.82, 2.24) is 28.7 Å². The van der Waals surface area contributed by atoms with Gasteiger partial charge in [-0.1, -0.05) is 72.8 Å². The van der Waals surface area contributed by atoms with Gasteiger partial charge in [0.2, 0.25) is 0 Å². The monoisotopic (exact) mass is 654 g/mol. The van der Waals surface area contributed by atoms with Crippen molar-refractivity contribution in [1.29, 1.82) is 0 Å². The van der Waals surface area contributed by atoms with Crippen molar-refractivity contribution in [2.24, 2.45) is 0 Å². The van der Waals surface area contributed by atoms with Crippen molar-refractivity contribution in [3.63, 3.8) is 0 Å². The van der Waals surface area contributed by atoms with Gasteiger partial charge in [0, 0.05) is 51.8 Å². The lowest BCUT2D eigenvalue weighted by Crippen LogP contribution is -2.00. The highest BCUT2D eigenvalue weighted by Crippen LogP contribution is 2.47. The van der Waals surface area contributed by atoms with Gasteiger partial charge in [0.1, 0.15) is 0 Å². The maximum absolute atomic E-state index is 4.89. The third kappa shape index (κ3) is 4.61. The zero-order chi connectivity index (χ0) is 33.7. The Morgan fingerprint density at radius 3 is 0.824 bits per heavy atom. The maximum Gasteiger partial charge on any atom is 0.0870 e. The van der Waals surface area contributed by atoms with E-state index in [1.54, 1.807) is 0 Å². The molecule has 51 heavy (non-hydrogen) atoms. The van der Waals surface area contributed by atoms with Gasteiger partial charge in [-0.2, -0.15) is 0 Å². The molecule has 10 aromatic rings. The van der Waals surface area contributed by atoms with E-state index in [1.165, 1.54) is 0 Å². The van der Waals surface area contributed by atoms with E-state index in [2.05, 4.69) is 159 Å². The molecule has 6 heterocycles. The molecule has 0 aliphatic heterocycles. The van der Waals surface area contributed by atoms with Gasteiger partial charge in [-0.25, -0.2) is 0 Å². The average molecular weight is 655 g/mol. The highest BCUT2D eigenvalue weighted by molar-refractivity contribution is 6.26. The molecule has 0 bridgehead atoms. The van der Waals surface area contributed by atoms with E-state index < -0.39 is 0 Å². The van der Waals surface area contributed by atoms with Crippen LogP contribution in [0.1, 0.15) is 0 Å². The largest absolute Gasteiger partial charge is 0.307 e. The van der Waals surface area contributed by atoms with Crippen LogP contribution >= 0.6 is 0 Å². The second-order valence-corrected chi connectivity index (χ2v) is 12.5. The Kier molecular flexibility index (Phi) is 6.70. The first-order chi connectivity index (χ1) is 25.3. The Balaban J connectivity index is 1.50. The summed E-state index contributed by atoms with van der Waals surface area (Å²) in [6.07, 6.45) is 5.60. The molecular weight excluding hydrogens is 625 g/mol. The summed E-state index contributed by atoms with van der Waals surface area (Å²) in [4.78, 5) is 14.7. The van der Waals surface area contributed by atoms with E-state index >= 15 is 0 Å². The molecule has 240 valence electrons. The zero-order valence-electron chi connectivity index (χ0n) is 27.5. The van der Waals surface area contributed by atoms with Gasteiger partial charge in [0.25, 0.3) is 0 Å². The van der Waals surface area contributed by atoms with Gasteiger partial charge in [-0.05, 0) is 91.0 Å². The molecule has 0 spiro atoms. The van der Waals surface area contributed by atoms with Crippen LogP contribution in [-0.2, 0) is 0 Å². The lowest BCUT2D eigenvalue weighted by atomic mass is 10.1. The molecule has 6 nitrogen and oxygen atoms in total. The highest BCUT2D eigenvalue weighted by Gasteiger charge is 2.27. The molecule has 0 fully saturated rings. The van der Waals surface area contributed by atoms with Crippen molar-refractivity contribution in [2.75, 3.05) is 0 Å². The lowest BCUT2D eigenvalue weighted by Gasteiger charge is -2.15. The Labute approximate surface area is 294 Å². The third-order valence-corrected chi connectivity index (χ3v) is 9.59. The van der Waals surface area contributed by atoms with E-state index in [0.717, 1.165) is 83.9 Å². The summed E-state index contributed by atoms with van der Waals surface area (Å²) in [7, 11) is 0. The fourth-order valence-corrected chi connectivity index (χ4v) is 7.51. The number of hydrogen-bond acceptors (Lipinski definition) is 3. The third-order valence-electron chi connectivity index (χ3n) is 9.59. The van der Waals surface area contributed by atoms with Gasteiger partial charge in [0.05, 0.1) is 50.7 Å². The molecule has 0 saturated heterocycles. The number of para-hydroxylation sites is 3. The van der Waals surface area contributed by atoms with E-state index in [4.69, 9.17) is 15.0 Å². The summed E-state index contributed by atoms with van der Waals surface area (Å²) in [5.41, 5.74) is 12.2. The van der Waals surface area contributed by atoms with Crippen LogP contribution < -0.4 is 0 Å². The topological polar surface area (TPSA) is 53.5 Å². The summed E-state index contributed by atoms with van der Waals surface area (Å²) in [6.45, 7) is 0. The van der Waals surface area contributed by atoms with Crippen molar-refractivity contribution in [3.8, 4) is 51.2 Å². The minimum atomic E-state index is 0.897. The first-order valence-corrected chi connectivity index (χ1v) is 17.0. The Morgan fingerprint density at radius 2 is 0.569 bits per heavy atom. The predicted octanol–water partition coefficient (Wildman–Crippen LogP) is 10.7. The summed E-state index contributed by atoms with van der Waals surface area (Å²) >= 11 is 0. The maximum atomic E-state index is 4.89. The number of hydrogen-bond donors (Lipinski definition) is 0. The Bertz CT molecular complexity index is 2460. The standard InChI is InChI=1S/C45H30N6/c1-4-16-31(17-5-1)49-40(37-22-10-13-25-46-37)28-34-43(49)35-29-41(38-23-11-14-26-47-38)50(32-18-6-2-7-19-32)45(35)36-30-42(39-24-12-15-27-48-39)51(44(34)36)33-20-8-3-9-21-33/h1-30H. The Hall–Kier alpha value is -7.05. The molecule has 10 rings (SSSR count). The molecule has 6 aromatic heterocycles. The quantitative estimate of drug-likeness (QED) is 0.179. The smallest absolute Gasteiger partial charge is 0.0870 e. The van der Waals surface area contributed by atoms with E-state index in [9.17, 15) is 0 Å². The van der Waals surface area contributed by atoms with Crippen LogP contribution in [0, 0.1) is 0 Å². The number of rotatable bonds is 6. The predicted molar refractivity (Wildman–Crippen MR) is 207 cm³/mol. The normalized spacial score (nSPS) is 11.5. The minimum Gasteiger partial charge on any atom is -0.307 e. The average Bonchev–Trinajstić information content (AvgIpc) is 3.92. The van der Waals surface area contributed by atoms with Gasteiger partial charge in [-0.15, -0.1) is 0 Å². The first kappa shape index (κ1) is 28.9. The fourth-order valence-electron chi connectivity index (χ4n) is 7.51. The van der Waals surface area contributed by atoms with E-state index in [-0.39, 0.29) is 0 Å². The molecule has 0 N–H and O–H groups in total. The van der Waals surface area contributed by atoms with Crippen molar-refractivity contribution < 1.29 is 0 Å². The SMILES string of the molecule is c1ccc(-n2c(-c3ccccn3)cc3c2c2cc(-c4ccccn4)n(-c4ccccc4)c2c2cc(-c4ccccn4)n(-c4ccccc4)c32)cc1. The van der Waals surface area contributed by atoms with Crippen LogP contribution in [0.4, 0.5) is 0 Å². The molecule has 4 aromatic carbocycles. The number of aromatic nitrogens is 6. The van der Waals surface area contributed by atoms with Crippen molar-refractivity contribution in [3.05, 3.63) is 182 Å². The molecule has 0 unspecified atom stereocenters. The van der Waals surface area contributed by atoms with Crippen LogP contribution in [0.5, 0.6) is 0 Å². The molecule has 0 aliphatic carbocycles. The summed E-state index contributed by atoms with van der Waals surface area (Å²) < 4.78 is 7.12. The summed E-state index contributed by atoms with van der Waals surface area (Å²) in [5, 5.41) is 3.35. The molecule has 0 radical (unpaired) electrons. The zero-order valence-corrected chi connectivity index (χ0v) is 27.5.